The maximum Gasteiger partial charge on any atom is 0.305 e. The zero-order valence-corrected chi connectivity index (χ0v) is 19.2. The summed E-state index contributed by atoms with van der Waals surface area (Å²) < 4.78 is 10.6. The van der Waals surface area contributed by atoms with Crippen molar-refractivity contribution in [1.82, 2.24) is 15.0 Å². The molecule has 0 saturated heterocycles. The molecular weight excluding hydrogens is 422 g/mol. The van der Waals surface area contributed by atoms with E-state index < -0.39 is 0 Å². The summed E-state index contributed by atoms with van der Waals surface area (Å²) >= 11 is 0. The van der Waals surface area contributed by atoms with Gasteiger partial charge in [-0.2, -0.15) is 0 Å². The lowest BCUT2D eigenvalue weighted by molar-refractivity contribution is -0.140. The van der Waals surface area contributed by atoms with Crippen LogP contribution in [-0.4, -0.2) is 47.9 Å². The lowest BCUT2D eigenvalue weighted by atomic mass is 10.2. The lowest BCUT2D eigenvalue weighted by Crippen LogP contribution is -2.23. The molecule has 3 aromatic rings. The Bertz CT molecular complexity index is 1120. The number of aryl methyl sites for hydroxylation is 2. The highest BCUT2D eigenvalue weighted by Gasteiger charge is 2.15. The maximum absolute atomic E-state index is 11.9. The summed E-state index contributed by atoms with van der Waals surface area (Å²) in [5, 5.41) is 3.19. The topological polar surface area (TPSA) is 107 Å². The van der Waals surface area contributed by atoms with Crippen LogP contribution in [0.15, 0.2) is 42.9 Å². The smallest absolute Gasteiger partial charge is 0.305 e. The molecule has 0 aliphatic heterocycles. The van der Waals surface area contributed by atoms with Crippen LogP contribution in [0.1, 0.15) is 34.5 Å². The number of carbonyl (C=O) groups excluding carboxylic acids is 2. The molecule has 2 aromatic heterocycles. The third-order valence-corrected chi connectivity index (χ3v) is 4.99. The van der Waals surface area contributed by atoms with Crippen molar-refractivity contribution in [2.45, 2.75) is 26.7 Å². The molecule has 0 atom stereocenters. The van der Waals surface area contributed by atoms with Gasteiger partial charge in [0.05, 0.1) is 18.9 Å². The van der Waals surface area contributed by atoms with Gasteiger partial charge in [-0.1, -0.05) is 0 Å². The van der Waals surface area contributed by atoms with E-state index in [1.54, 1.807) is 6.20 Å². The summed E-state index contributed by atoms with van der Waals surface area (Å²) in [6.45, 7) is 4.39. The van der Waals surface area contributed by atoms with Crippen LogP contribution in [0.2, 0.25) is 0 Å². The van der Waals surface area contributed by atoms with E-state index in [1.807, 2.05) is 56.1 Å². The minimum absolute atomic E-state index is 0.273. The molecule has 0 aliphatic rings. The van der Waals surface area contributed by atoms with Gasteiger partial charge in [-0.05, 0) is 56.2 Å². The Kier molecular flexibility index (Phi) is 7.91. The molecule has 1 N–H and O–H groups in total. The first-order valence-electron chi connectivity index (χ1n) is 10.5. The fraction of sp³-hybridized carbons (Fsp3) is 0.292. The fourth-order valence-corrected chi connectivity index (χ4v) is 3.19. The van der Waals surface area contributed by atoms with Crippen LogP contribution in [0.3, 0.4) is 0 Å². The third kappa shape index (κ3) is 6.25. The highest BCUT2D eigenvalue weighted by Crippen LogP contribution is 2.29. The fourth-order valence-electron chi connectivity index (χ4n) is 3.19. The van der Waals surface area contributed by atoms with Crippen LogP contribution >= 0.6 is 0 Å². The van der Waals surface area contributed by atoms with Gasteiger partial charge in [0, 0.05) is 31.4 Å². The molecule has 0 fully saturated rings. The number of aldehydes is 1. The number of esters is 1. The van der Waals surface area contributed by atoms with Crippen molar-refractivity contribution >= 4 is 29.6 Å². The Morgan fingerprint density at radius 2 is 1.97 bits per heavy atom. The molecule has 9 heteroatoms. The normalized spacial score (nSPS) is 10.4. The number of hydrogen-bond acceptors (Lipinski definition) is 9. The lowest BCUT2D eigenvalue weighted by Gasteiger charge is -2.20. The predicted molar refractivity (Wildman–Crippen MR) is 125 cm³/mol. The van der Waals surface area contributed by atoms with Gasteiger partial charge < -0.3 is 19.7 Å². The van der Waals surface area contributed by atoms with Crippen molar-refractivity contribution in [3.63, 3.8) is 0 Å². The second-order valence-electron chi connectivity index (χ2n) is 7.52. The van der Waals surface area contributed by atoms with Crippen molar-refractivity contribution in [3.8, 4) is 11.5 Å². The van der Waals surface area contributed by atoms with Crippen LogP contribution in [0.4, 0.5) is 17.3 Å². The van der Waals surface area contributed by atoms with E-state index >= 15 is 0 Å². The number of nitrogens with zero attached hydrogens (tertiary/aromatic N) is 4. The van der Waals surface area contributed by atoms with Gasteiger partial charge in [0.2, 0.25) is 0 Å². The van der Waals surface area contributed by atoms with Crippen LogP contribution < -0.4 is 15.0 Å². The minimum Gasteiger partial charge on any atom is -0.469 e. The maximum atomic E-state index is 11.9. The summed E-state index contributed by atoms with van der Waals surface area (Å²) in [6.07, 6.45) is 4.67. The van der Waals surface area contributed by atoms with Gasteiger partial charge in [-0.15, -0.1) is 0 Å². The molecule has 1 aromatic carbocycles. The van der Waals surface area contributed by atoms with Gasteiger partial charge in [0.25, 0.3) is 0 Å². The summed E-state index contributed by atoms with van der Waals surface area (Å²) in [4.78, 5) is 37.8. The molecule has 0 unspecified atom stereocenters. The van der Waals surface area contributed by atoms with Crippen molar-refractivity contribution < 1.29 is 19.1 Å². The summed E-state index contributed by atoms with van der Waals surface area (Å²) in [7, 11) is 3.17. The van der Waals surface area contributed by atoms with E-state index in [-0.39, 0.29) is 5.97 Å². The van der Waals surface area contributed by atoms with Crippen LogP contribution in [0, 0.1) is 13.8 Å². The highest BCUT2D eigenvalue weighted by atomic mass is 16.5. The van der Waals surface area contributed by atoms with E-state index in [2.05, 4.69) is 25.0 Å². The average Bonchev–Trinajstić information content (AvgIpc) is 2.81. The highest BCUT2D eigenvalue weighted by molar-refractivity contribution is 5.90. The quantitative estimate of drug-likeness (QED) is 0.359. The number of aromatic nitrogens is 3. The predicted octanol–water partition coefficient (Wildman–Crippen LogP) is 4.23. The molecule has 2 heterocycles. The second kappa shape index (κ2) is 11.0. The summed E-state index contributed by atoms with van der Waals surface area (Å²) in [5.74, 6) is 1.96. The standard InChI is InChI=1S/C24H27N5O4/c1-16-12-18(8-10-21(16)33-19-9-7-17(2)25-13-19)28-23-20(14-30)24(27-15-26-23)29(3)11-5-6-22(31)32-4/h7-10,12-15H,5-6,11H2,1-4H3,(H,26,27,28). The van der Waals surface area contributed by atoms with Crippen molar-refractivity contribution in [3.05, 3.63) is 59.7 Å². The number of pyridine rings is 1. The van der Waals surface area contributed by atoms with E-state index in [1.165, 1.54) is 13.4 Å². The molecule has 3 rings (SSSR count). The molecular formula is C24H27N5O4. The SMILES string of the molecule is COC(=O)CCCN(C)c1ncnc(Nc2ccc(Oc3ccc(C)nc3)c(C)c2)c1C=O. The monoisotopic (exact) mass is 449 g/mol. The molecule has 0 amide bonds. The van der Waals surface area contributed by atoms with Crippen molar-refractivity contribution in [2.75, 3.05) is 30.9 Å². The number of anilines is 3. The van der Waals surface area contributed by atoms with E-state index in [9.17, 15) is 9.59 Å². The van der Waals surface area contributed by atoms with Gasteiger partial charge in [0.1, 0.15) is 29.5 Å². The Morgan fingerprint density at radius 3 is 2.64 bits per heavy atom. The number of carbonyl (C=O) groups is 2. The van der Waals surface area contributed by atoms with Crippen molar-refractivity contribution in [2.24, 2.45) is 0 Å². The summed E-state index contributed by atoms with van der Waals surface area (Å²) in [5.41, 5.74) is 2.91. The van der Waals surface area contributed by atoms with Crippen LogP contribution in [0.25, 0.3) is 0 Å². The van der Waals surface area contributed by atoms with Gasteiger partial charge in [-0.25, -0.2) is 9.97 Å². The molecule has 0 aliphatic carbocycles. The molecule has 0 spiro atoms. The van der Waals surface area contributed by atoms with Crippen LogP contribution in [0.5, 0.6) is 11.5 Å². The van der Waals surface area contributed by atoms with Gasteiger partial charge >= 0.3 is 5.97 Å². The first kappa shape index (κ1) is 23.6. The van der Waals surface area contributed by atoms with Gasteiger partial charge in [-0.3, -0.25) is 14.6 Å². The number of hydrogen-bond donors (Lipinski definition) is 1. The Morgan fingerprint density at radius 1 is 1.15 bits per heavy atom. The zero-order valence-electron chi connectivity index (χ0n) is 19.2. The second-order valence-corrected chi connectivity index (χ2v) is 7.52. The Hall–Kier alpha value is -4.01. The molecule has 0 saturated carbocycles. The third-order valence-electron chi connectivity index (χ3n) is 4.99. The van der Waals surface area contributed by atoms with E-state index in [4.69, 9.17) is 4.74 Å². The van der Waals surface area contributed by atoms with Crippen LogP contribution in [-0.2, 0) is 9.53 Å². The molecule has 9 nitrogen and oxygen atoms in total. The number of ether oxygens (including phenoxy) is 2. The molecule has 0 bridgehead atoms. The van der Waals surface area contributed by atoms with Gasteiger partial charge in [0.15, 0.2) is 6.29 Å². The number of methoxy groups -OCH3 is 1. The number of nitrogens with one attached hydrogen (secondary N) is 1. The first-order chi connectivity index (χ1) is 15.9. The Labute approximate surface area is 192 Å². The molecule has 33 heavy (non-hydrogen) atoms. The van der Waals surface area contributed by atoms with E-state index in [0.29, 0.717) is 48.1 Å². The average molecular weight is 450 g/mol. The summed E-state index contributed by atoms with van der Waals surface area (Å²) in [6, 6.07) is 9.36. The first-order valence-corrected chi connectivity index (χ1v) is 10.5. The molecule has 172 valence electrons. The number of rotatable bonds is 10. The molecule has 0 radical (unpaired) electrons. The van der Waals surface area contributed by atoms with E-state index in [0.717, 1.165) is 23.2 Å². The Balaban J connectivity index is 1.74. The number of benzene rings is 1. The minimum atomic E-state index is -0.273. The van der Waals surface area contributed by atoms with Crippen molar-refractivity contribution in [1.29, 1.82) is 0 Å². The zero-order chi connectivity index (χ0) is 23.8. The largest absolute Gasteiger partial charge is 0.469 e.